The van der Waals surface area contributed by atoms with Gasteiger partial charge in [-0.25, -0.2) is 0 Å². The number of para-hydroxylation sites is 1. The summed E-state index contributed by atoms with van der Waals surface area (Å²) in [5.41, 5.74) is 5.63. The highest BCUT2D eigenvalue weighted by Crippen LogP contribution is 2.53. The molecule has 36 heavy (non-hydrogen) atoms. The molecule has 3 aromatic carbocycles. The van der Waals surface area contributed by atoms with Crippen LogP contribution in [0.25, 0.3) is 10.9 Å². The minimum atomic E-state index is -0.399. The highest BCUT2D eigenvalue weighted by atomic mass is 16.5. The number of benzene rings is 3. The van der Waals surface area contributed by atoms with E-state index in [1.54, 1.807) is 7.11 Å². The van der Waals surface area contributed by atoms with Gasteiger partial charge in [-0.2, -0.15) is 0 Å². The van der Waals surface area contributed by atoms with Gasteiger partial charge in [0.2, 0.25) is 0 Å². The molecule has 1 fully saturated rings. The summed E-state index contributed by atoms with van der Waals surface area (Å²) in [5.74, 6) is 0.892. The van der Waals surface area contributed by atoms with E-state index in [9.17, 15) is 0 Å². The van der Waals surface area contributed by atoms with E-state index < -0.39 is 5.60 Å². The van der Waals surface area contributed by atoms with Crippen LogP contribution < -0.4 is 10.1 Å². The van der Waals surface area contributed by atoms with E-state index >= 15 is 0 Å². The van der Waals surface area contributed by atoms with Crippen LogP contribution in [-0.2, 0) is 29.4 Å². The number of hydrogen-bond donors (Lipinski definition) is 1. The van der Waals surface area contributed by atoms with E-state index in [1.807, 2.05) is 13.2 Å². The molecule has 1 unspecified atom stereocenters. The number of piperidine rings is 1. The van der Waals surface area contributed by atoms with Crippen molar-refractivity contribution in [3.05, 3.63) is 107 Å². The smallest absolute Gasteiger partial charge is 0.119 e. The standard InChI is InChI=1S/C32H34N2O2/c1-35-27-13-8-12-26(20-27)31-17-18-33-30(16-15-23-9-4-3-5-10-23)32(31,36-2)21-25-19-24-11-6-7-14-28(24)34-29(25)22-31/h3-14,19-20,30,33H,15-18,21-22H2,1-2H3/t30?,31-,32-/m0/s1. The minimum absolute atomic E-state index is 0.203. The third-order valence-corrected chi connectivity index (χ3v) is 8.68. The number of methoxy groups -OCH3 is 2. The van der Waals surface area contributed by atoms with Crippen molar-refractivity contribution in [2.75, 3.05) is 20.8 Å². The second-order valence-electron chi connectivity index (χ2n) is 10.3. The van der Waals surface area contributed by atoms with Crippen LogP contribution in [0, 0.1) is 0 Å². The molecule has 0 bridgehead atoms. The molecular weight excluding hydrogens is 444 g/mol. The summed E-state index contributed by atoms with van der Waals surface area (Å²) in [5, 5.41) is 5.09. The molecule has 6 rings (SSSR count). The van der Waals surface area contributed by atoms with Crippen molar-refractivity contribution in [1.82, 2.24) is 10.3 Å². The van der Waals surface area contributed by atoms with Gasteiger partial charge in [-0.15, -0.1) is 0 Å². The van der Waals surface area contributed by atoms with E-state index in [4.69, 9.17) is 14.5 Å². The SMILES string of the molecule is COc1cccc([C@@]23CCNC(CCc4ccccc4)[C@@]2(OC)Cc2cc4ccccc4nc2C3)c1. The zero-order valence-electron chi connectivity index (χ0n) is 21.2. The largest absolute Gasteiger partial charge is 0.497 e. The molecule has 4 aromatic rings. The first-order valence-electron chi connectivity index (χ1n) is 13.0. The van der Waals surface area contributed by atoms with Crippen LogP contribution >= 0.6 is 0 Å². The molecule has 0 saturated carbocycles. The van der Waals surface area contributed by atoms with Crippen molar-refractivity contribution < 1.29 is 9.47 Å². The van der Waals surface area contributed by atoms with Crippen molar-refractivity contribution in [3.63, 3.8) is 0 Å². The maximum absolute atomic E-state index is 6.75. The molecule has 1 N–H and O–H groups in total. The average molecular weight is 479 g/mol. The van der Waals surface area contributed by atoms with Gasteiger partial charge in [0.15, 0.2) is 0 Å². The Morgan fingerprint density at radius 3 is 2.58 bits per heavy atom. The number of hydrogen-bond acceptors (Lipinski definition) is 4. The zero-order chi connectivity index (χ0) is 24.6. The van der Waals surface area contributed by atoms with E-state index in [0.29, 0.717) is 0 Å². The highest BCUT2D eigenvalue weighted by molar-refractivity contribution is 5.79. The Bertz CT molecular complexity index is 1370. The van der Waals surface area contributed by atoms with Gasteiger partial charge in [0, 0.05) is 42.5 Å². The van der Waals surface area contributed by atoms with Gasteiger partial charge in [0.1, 0.15) is 5.75 Å². The lowest BCUT2D eigenvalue weighted by Crippen LogP contribution is -2.71. The first-order chi connectivity index (χ1) is 17.7. The molecule has 1 aliphatic carbocycles. The Morgan fingerprint density at radius 2 is 1.75 bits per heavy atom. The zero-order valence-corrected chi connectivity index (χ0v) is 21.2. The normalized spacial score (nSPS) is 25.2. The maximum Gasteiger partial charge on any atom is 0.119 e. The van der Waals surface area contributed by atoms with Crippen LogP contribution in [0.1, 0.15) is 35.2 Å². The molecule has 1 saturated heterocycles. The fraction of sp³-hybridized carbons (Fsp3) is 0.344. The summed E-state index contributed by atoms with van der Waals surface area (Å²) < 4.78 is 12.4. The number of aromatic nitrogens is 1. The number of nitrogens with one attached hydrogen (secondary N) is 1. The lowest BCUT2D eigenvalue weighted by molar-refractivity contribution is -0.128. The van der Waals surface area contributed by atoms with Gasteiger partial charge in [-0.05, 0) is 66.8 Å². The number of ether oxygens (including phenoxy) is 2. The third-order valence-electron chi connectivity index (χ3n) is 8.68. The van der Waals surface area contributed by atoms with Crippen molar-refractivity contribution in [1.29, 1.82) is 0 Å². The molecule has 2 aliphatic rings. The van der Waals surface area contributed by atoms with Gasteiger partial charge in [0.25, 0.3) is 0 Å². The topological polar surface area (TPSA) is 43.4 Å². The number of pyridine rings is 1. The molecule has 0 spiro atoms. The van der Waals surface area contributed by atoms with Crippen molar-refractivity contribution in [3.8, 4) is 5.75 Å². The predicted molar refractivity (Wildman–Crippen MR) is 145 cm³/mol. The molecule has 0 amide bonds. The second kappa shape index (κ2) is 9.34. The summed E-state index contributed by atoms with van der Waals surface area (Å²) in [6.45, 7) is 0.949. The van der Waals surface area contributed by atoms with Gasteiger partial charge in [0.05, 0.1) is 18.2 Å². The Hall–Kier alpha value is -3.21. The van der Waals surface area contributed by atoms with Crippen LogP contribution in [0.15, 0.2) is 84.9 Å². The van der Waals surface area contributed by atoms with Gasteiger partial charge in [-0.3, -0.25) is 4.98 Å². The van der Waals surface area contributed by atoms with Gasteiger partial charge < -0.3 is 14.8 Å². The molecular formula is C32H34N2O2. The Kier molecular flexibility index (Phi) is 6.02. The van der Waals surface area contributed by atoms with Crippen molar-refractivity contribution in [2.45, 2.75) is 49.2 Å². The second-order valence-corrected chi connectivity index (χ2v) is 10.3. The minimum Gasteiger partial charge on any atom is -0.497 e. The Labute approximate surface area is 213 Å². The van der Waals surface area contributed by atoms with Crippen LogP contribution in [0.5, 0.6) is 5.75 Å². The molecule has 0 radical (unpaired) electrons. The van der Waals surface area contributed by atoms with Gasteiger partial charge >= 0.3 is 0 Å². The first kappa shape index (κ1) is 23.2. The fourth-order valence-corrected chi connectivity index (χ4v) is 6.89. The van der Waals surface area contributed by atoms with Crippen LogP contribution in [0.4, 0.5) is 0 Å². The Balaban J connectivity index is 1.50. The summed E-state index contributed by atoms with van der Waals surface area (Å²) in [6, 6.07) is 30.4. The van der Waals surface area contributed by atoms with E-state index in [0.717, 1.165) is 49.9 Å². The van der Waals surface area contributed by atoms with Crippen molar-refractivity contribution >= 4 is 10.9 Å². The van der Waals surface area contributed by atoms with Crippen LogP contribution in [0.3, 0.4) is 0 Å². The lowest BCUT2D eigenvalue weighted by Gasteiger charge is -2.60. The van der Waals surface area contributed by atoms with E-state index in [2.05, 4.69) is 84.2 Å². The predicted octanol–water partition coefficient (Wildman–Crippen LogP) is 5.66. The van der Waals surface area contributed by atoms with Crippen molar-refractivity contribution in [2.24, 2.45) is 0 Å². The molecule has 1 aliphatic heterocycles. The Morgan fingerprint density at radius 1 is 0.917 bits per heavy atom. The summed E-state index contributed by atoms with van der Waals surface area (Å²) in [4.78, 5) is 5.20. The quantitative estimate of drug-likeness (QED) is 0.388. The maximum atomic E-state index is 6.75. The third kappa shape index (κ3) is 3.71. The van der Waals surface area contributed by atoms with E-state index in [1.165, 1.54) is 27.8 Å². The molecule has 4 heteroatoms. The van der Waals surface area contributed by atoms with Crippen LogP contribution in [-0.4, -0.2) is 37.4 Å². The lowest BCUT2D eigenvalue weighted by atomic mass is 9.53. The summed E-state index contributed by atoms with van der Waals surface area (Å²) in [6.07, 6.45) is 4.71. The first-order valence-corrected chi connectivity index (χ1v) is 13.0. The van der Waals surface area contributed by atoms with Crippen LogP contribution in [0.2, 0.25) is 0 Å². The molecule has 1 aromatic heterocycles. The summed E-state index contributed by atoms with van der Waals surface area (Å²) in [7, 11) is 3.66. The number of nitrogens with zero attached hydrogens (tertiary/aromatic N) is 1. The summed E-state index contributed by atoms with van der Waals surface area (Å²) >= 11 is 0. The number of aryl methyl sites for hydroxylation is 1. The average Bonchev–Trinajstić information content (AvgIpc) is 2.94. The molecule has 3 atom stereocenters. The fourth-order valence-electron chi connectivity index (χ4n) is 6.89. The monoisotopic (exact) mass is 478 g/mol. The number of fused-ring (bicyclic) bond motifs is 3. The molecule has 4 nitrogen and oxygen atoms in total. The molecule has 184 valence electrons. The van der Waals surface area contributed by atoms with E-state index in [-0.39, 0.29) is 11.5 Å². The highest BCUT2D eigenvalue weighted by Gasteiger charge is 2.61. The molecule has 2 heterocycles. The van der Waals surface area contributed by atoms with Gasteiger partial charge in [-0.1, -0.05) is 60.7 Å². The number of rotatable bonds is 6.